The summed E-state index contributed by atoms with van der Waals surface area (Å²) < 4.78 is 1.85. The van der Waals surface area contributed by atoms with Crippen LogP contribution in [0.25, 0.3) is 16.6 Å². The highest BCUT2D eigenvalue weighted by atomic mass is 16.1. The number of para-hydroxylation sites is 2. The summed E-state index contributed by atoms with van der Waals surface area (Å²) in [6, 6.07) is 19.8. The molecular formula is C22H20N4O. The van der Waals surface area contributed by atoms with Gasteiger partial charge in [0.25, 0.3) is 0 Å². The van der Waals surface area contributed by atoms with Crippen molar-refractivity contribution in [3.8, 4) is 5.69 Å². The minimum atomic E-state index is 0.00334. The second kappa shape index (κ2) is 7.83. The first-order valence-electron chi connectivity index (χ1n) is 8.98. The number of fused-ring (bicyclic) bond motifs is 1. The number of hydrogen-bond acceptors (Lipinski definition) is 3. The average Bonchev–Trinajstić information content (AvgIpc) is 3.18. The Morgan fingerprint density at radius 1 is 1.00 bits per heavy atom. The van der Waals surface area contributed by atoms with Gasteiger partial charge in [-0.15, -0.1) is 0 Å². The van der Waals surface area contributed by atoms with Gasteiger partial charge < -0.3 is 5.32 Å². The van der Waals surface area contributed by atoms with Crippen LogP contribution in [0.4, 0.5) is 0 Å². The monoisotopic (exact) mass is 356 g/mol. The Bertz CT molecular complexity index is 1050. The third-order valence-corrected chi connectivity index (χ3v) is 4.46. The maximum absolute atomic E-state index is 12.3. The molecule has 134 valence electrons. The van der Waals surface area contributed by atoms with Crippen LogP contribution >= 0.6 is 0 Å². The minimum absolute atomic E-state index is 0.00334. The summed E-state index contributed by atoms with van der Waals surface area (Å²) in [5.41, 5.74) is 3.95. The number of amides is 1. The summed E-state index contributed by atoms with van der Waals surface area (Å²) in [7, 11) is 0. The molecule has 0 saturated heterocycles. The molecule has 5 nitrogen and oxygen atoms in total. The summed E-state index contributed by atoms with van der Waals surface area (Å²) in [5.74, 6) is 0.00334. The van der Waals surface area contributed by atoms with Crippen molar-refractivity contribution in [2.45, 2.75) is 12.8 Å². The van der Waals surface area contributed by atoms with E-state index in [0.29, 0.717) is 13.0 Å². The Morgan fingerprint density at radius 3 is 2.74 bits per heavy atom. The first-order valence-corrected chi connectivity index (χ1v) is 8.98. The molecule has 1 N–H and O–H groups in total. The van der Waals surface area contributed by atoms with Crippen molar-refractivity contribution in [2.24, 2.45) is 0 Å². The number of benzene rings is 2. The van der Waals surface area contributed by atoms with E-state index in [0.717, 1.165) is 34.1 Å². The summed E-state index contributed by atoms with van der Waals surface area (Å²) in [5, 5.41) is 8.42. The van der Waals surface area contributed by atoms with Gasteiger partial charge in [0.2, 0.25) is 5.91 Å². The standard InChI is InChI=1S/C22H20N4O/c27-21(14-19-7-4-6-18-8-5-12-24-22(18)19)23-13-11-17-15-25-26(16-17)20-9-2-1-3-10-20/h1-10,12,15-16H,11,13-14H2,(H,23,27). The van der Waals surface area contributed by atoms with E-state index in [1.54, 1.807) is 6.20 Å². The number of rotatable bonds is 6. The van der Waals surface area contributed by atoms with Crippen molar-refractivity contribution in [1.29, 1.82) is 0 Å². The van der Waals surface area contributed by atoms with E-state index in [1.165, 1.54) is 0 Å². The lowest BCUT2D eigenvalue weighted by atomic mass is 10.1. The van der Waals surface area contributed by atoms with Gasteiger partial charge in [0.05, 0.1) is 23.8 Å². The molecule has 0 radical (unpaired) electrons. The fourth-order valence-electron chi connectivity index (χ4n) is 3.10. The molecule has 0 bridgehead atoms. The molecule has 1 amide bonds. The predicted octanol–water partition coefficient (Wildman–Crippen LogP) is 3.32. The third-order valence-electron chi connectivity index (χ3n) is 4.46. The van der Waals surface area contributed by atoms with E-state index in [2.05, 4.69) is 15.4 Å². The number of hydrogen-bond donors (Lipinski definition) is 1. The van der Waals surface area contributed by atoms with Gasteiger partial charge in [0.1, 0.15) is 0 Å². The van der Waals surface area contributed by atoms with E-state index in [1.807, 2.05) is 77.7 Å². The molecule has 0 atom stereocenters. The molecular weight excluding hydrogens is 336 g/mol. The Labute approximate surface area is 157 Å². The van der Waals surface area contributed by atoms with E-state index in [4.69, 9.17) is 0 Å². The van der Waals surface area contributed by atoms with Gasteiger partial charge >= 0.3 is 0 Å². The van der Waals surface area contributed by atoms with E-state index in [-0.39, 0.29) is 5.91 Å². The number of nitrogens with one attached hydrogen (secondary N) is 1. The molecule has 4 rings (SSSR count). The number of pyridine rings is 1. The Morgan fingerprint density at radius 2 is 1.85 bits per heavy atom. The van der Waals surface area contributed by atoms with Gasteiger partial charge in [0, 0.05) is 24.3 Å². The molecule has 0 unspecified atom stereocenters. The van der Waals surface area contributed by atoms with Crippen LogP contribution in [0.15, 0.2) is 79.3 Å². The zero-order valence-electron chi connectivity index (χ0n) is 14.9. The van der Waals surface area contributed by atoms with Crippen LogP contribution in [0.5, 0.6) is 0 Å². The molecule has 2 aromatic heterocycles. The number of nitrogens with zero attached hydrogens (tertiary/aromatic N) is 3. The predicted molar refractivity (Wildman–Crippen MR) is 106 cm³/mol. The van der Waals surface area contributed by atoms with Gasteiger partial charge in [-0.2, -0.15) is 5.10 Å². The fraction of sp³-hybridized carbons (Fsp3) is 0.136. The summed E-state index contributed by atoms with van der Waals surface area (Å²) in [6.07, 6.45) is 6.67. The van der Waals surface area contributed by atoms with Crippen LogP contribution < -0.4 is 5.32 Å². The van der Waals surface area contributed by atoms with Gasteiger partial charge in [-0.25, -0.2) is 4.68 Å². The summed E-state index contributed by atoms with van der Waals surface area (Å²) in [4.78, 5) is 16.7. The summed E-state index contributed by atoms with van der Waals surface area (Å²) in [6.45, 7) is 0.581. The molecule has 27 heavy (non-hydrogen) atoms. The van der Waals surface area contributed by atoms with Crippen LogP contribution in [0.3, 0.4) is 0 Å². The number of carbonyl (C=O) groups excluding carboxylic acids is 1. The topological polar surface area (TPSA) is 59.8 Å². The third kappa shape index (κ3) is 4.03. The smallest absolute Gasteiger partial charge is 0.224 e. The minimum Gasteiger partial charge on any atom is -0.355 e. The SMILES string of the molecule is O=C(Cc1cccc2cccnc12)NCCc1cnn(-c2ccccc2)c1. The van der Waals surface area contributed by atoms with Crippen molar-refractivity contribution < 1.29 is 4.79 Å². The largest absolute Gasteiger partial charge is 0.355 e. The van der Waals surface area contributed by atoms with Crippen LogP contribution in [0, 0.1) is 0 Å². The molecule has 5 heteroatoms. The molecule has 0 aliphatic heterocycles. The van der Waals surface area contributed by atoms with E-state index in [9.17, 15) is 4.79 Å². The zero-order chi connectivity index (χ0) is 18.5. The average molecular weight is 356 g/mol. The van der Waals surface area contributed by atoms with Crippen LogP contribution in [0.2, 0.25) is 0 Å². The molecule has 2 heterocycles. The van der Waals surface area contributed by atoms with Crippen molar-refractivity contribution in [1.82, 2.24) is 20.1 Å². The van der Waals surface area contributed by atoms with E-state index < -0.39 is 0 Å². The molecule has 0 spiro atoms. The first kappa shape index (κ1) is 17.0. The van der Waals surface area contributed by atoms with Crippen molar-refractivity contribution >= 4 is 16.8 Å². The second-order valence-corrected chi connectivity index (χ2v) is 6.40. The van der Waals surface area contributed by atoms with Gasteiger partial charge in [0.15, 0.2) is 0 Å². The molecule has 0 aliphatic carbocycles. The lowest BCUT2D eigenvalue weighted by molar-refractivity contribution is -0.120. The van der Waals surface area contributed by atoms with E-state index >= 15 is 0 Å². The van der Waals surface area contributed by atoms with Crippen molar-refractivity contribution in [3.63, 3.8) is 0 Å². The van der Waals surface area contributed by atoms with Crippen LogP contribution in [-0.2, 0) is 17.6 Å². The van der Waals surface area contributed by atoms with Crippen LogP contribution in [-0.4, -0.2) is 27.2 Å². The Balaban J connectivity index is 1.33. The Hall–Kier alpha value is -3.47. The highest BCUT2D eigenvalue weighted by molar-refractivity contribution is 5.87. The molecule has 0 saturated carbocycles. The zero-order valence-corrected chi connectivity index (χ0v) is 14.9. The maximum Gasteiger partial charge on any atom is 0.224 e. The lowest BCUT2D eigenvalue weighted by Crippen LogP contribution is -2.27. The molecule has 2 aromatic carbocycles. The van der Waals surface area contributed by atoms with Gasteiger partial charge in [-0.05, 0) is 35.7 Å². The van der Waals surface area contributed by atoms with Crippen LogP contribution in [0.1, 0.15) is 11.1 Å². The van der Waals surface area contributed by atoms with Crippen molar-refractivity contribution in [2.75, 3.05) is 6.54 Å². The molecule has 4 aromatic rings. The highest BCUT2D eigenvalue weighted by Gasteiger charge is 2.08. The van der Waals surface area contributed by atoms with Gasteiger partial charge in [-0.3, -0.25) is 9.78 Å². The fourth-order valence-corrected chi connectivity index (χ4v) is 3.10. The summed E-state index contributed by atoms with van der Waals surface area (Å²) >= 11 is 0. The normalized spacial score (nSPS) is 10.8. The maximum atomic E-state index is 12.3. The quantitative estimate of drug-likeness (QED) is 0.576. The first-order chi connectivity index (χ1) is 13.3. The number of carbonyl (C=O) groups is 1. The Kier molecular flexibility index (Phi) is 4.92. The molecule has 0 aliphatic rings. The van der Waals surface area contributed by atoms with Gasteiger partial charge in [-0.1, -0.05) is 42.5 Å². The lowest BCUT2D eigenvalue weighted by Gasteiger charge is -2.07. The van der Waals surface area contributed by atoms with Crippen molar-refractivity contribution in [3.05, 3.63) is 90.4 Å². The second-order valence-electron chi connectivity index (χ2n) is 6.40. The highest BCUT2D eigenvalue weighted by Crippen LogP contribution is 2.16. The number of aromatic nitrogens is 3. The molecule has 0 fully saturated rings.